The Kier molecular flexibility index (Phi) is 4.53. The molecular formula is C16H16O2S. The van der Waals surface area contributed by atoms with E-state index in [9.17, 15) is 5.11 Å². The monoisotopic (exact) mass is 272 g/mol. The molecule has 0 unspecified atom stereocenters. The Morgan fingerprint density at radius 2 is 1.89 bits per heavy atom. The highest BCUT2D eigenvalue weighted by atomic mass is 32.1. The lowest BCUT2D eigenvalue weighted by atomic mass is 10.1. The molecule has 0 amide bonds. The molecule has 1 N–H and O–H groups in total. The molecule has 0 aromatic heterocycles. The van der Waals surface area contributed by atoms with Crippen LogP contribution in [-0.2, 0) is 6.61 Å². The SMILES string of the molecule is CCC(=S)c1cc(O)cc(OCc2ccccc2)c1. The average Bonchev–Trinajstić information content (AvgIpc) is 2.45. The lowest BCUT2D eigenvalue weighted by Gasteiger charge is -2.09. The molecule has 19 heavy (non-hydrogen) atoms. The largest absolute Gasteiger partial charge is 0.508 e. The summed E-state index contributed by atoms with van der Waals surface area (Å²) in [5, 5.41) is 9.70. The molecule has 0 aliphatic heterocycles. The smallest absolute Gasteiger partial charge is 0.124 e. The van der Waals surface area contributed by atoms with E-state index in [4.69, 9.17) is 17.0 Å². The van der Waals surface area contributed by atoms with Crippen molar-refractivity contribution >= 4 is 17.1 Å². The number of hydrogen-bond donors (Lipinski definition) is 1. The standard InChI is InChI=1S/C16H16O2S/c1-2-16(19)13-8-14(17)10-15(9-13)18-11-12-6-4-3-5-7-12/h3-10,17H,2,11H2,1H3. The van der Waals surface area contributed by atoms with Gasteiger partial charge >= 0.3 is 0 Å². The average molecular weight is 272 g/mol. The fourth-order valence-electron chi connectivity index (χ4n) is 1.77. The number of ether oxygens (including phenoxy) is 1. The van der Waals surface area contributed by atoms with Crippen LogP contribution in [0, 0.1) is 0 Å². The van der Waals surface area contributed by atoms with Gasteiger partial charge in [0.25, 0.3) is 0 Å². The van der Waals surface area contributed by atoms with Crippen LogP contribution in [0.3, 0.4) is 0 Å². The minimum atomic E-state index is 0.177. The highest BCUT2D eigenvalue weighted by molar-refractivity contribution is 7.80. The highest BCUT2D eigenvalue weighted by Gasteiger charge is 2.05. The predicted octanol–water partition coefficient (Wildman–Crippen LogP) is 4.10. The fourth-order valence-corrected chi connectivity index (χ4v) is 1.89. The molecule has 98 valence electrons. The van der Waals surface area contributed by atoms with Crippen LogP contribution in [0.4, 0.5) is 0 Å². The van der Waals surface area contributed by atoms with E-state index >= 15 is 0 Å². The maximum Gasteiger partial charge on any atom is 0.124 e. The molecule has 2 aromatic carbocycles. The van der Waals surface area contributed by atoms with Gasteiger partial charge in [-0.3, -0.25) is 0 Å². The van der Waals surface area contributed by atoms with Crippen LogP contribution >= 0.6 is 12.2 Å². The lowest BCUT2D eigenvalue weighted by Crippen LogP contribution is -1.98. The fraction of sp³-hybridized carbons (Fsp3) is 0.188. The summed E-state index contributed by atoms with van der Waals surface area (Å²) >= 11 is 5.25. The number of rotatable bonds is 5. The van der Waals surface area contributed by atoms with Crippen LogP contribution in [0.1, 0.15) is 24.5 Å². The summed E-state index contributed by atoms with van der Waals surface area (Å²) in [6.07, 6.45) is 0.775. The summed E-state index contributed by atoms with van der Waals surface area (Å²) in [6, 6.07) is 15.1. The second-order valence-corrected chi connectivity index (χ2v) is 4.76. The van der Waals surface area contributed by atoms with Crippen molar-refractivity contribution in [3.8, 4) is 11.5 Å². The van der Waals surface area contributed by atoms with E-state index in [-0.39, 0.29) is 5.75 Å². The van der Waals surface area contributed by atoms with Gasteiger partial charge in [0.15, 0.2) is 0 Å². The van der Waals surface area contributed by atoms with Crippen LogP contribution in [0.2, 0.25) is 0 Å². The number of aromatic hydroxyl groups is 1. The third kappa shape index (κ3) is 3.80. The second kappa shape index (κ2) is 6.34. The summed E-state index contributed by atoms with van der Waals surface area (Å²) in [6.45, 7) is 2.47. The number of phenols is 1. The van der Waals surface area contributed by atoms with E-state index in [0.717, 1.165) is 22.4 Å². The molecule has 2 aromatic rings. The van der Waals surface area contributed by atoms with Gasteiger partial charge in [-0.25, -0.2) is 0 Å². The van der Waals surface area contributed by atoms with Gasteiger partial charge in [0.1, 0.15) is 18.1 Å². The molecular weight excluding hydrogens is 256 g/mol. The Labute approximate surface area is 118 Å². The maximum absolute atomic E-state index is 9.70. The van der Waals surface area contributed by atoms with Crippen LogP contribution in [0.5, 0.6) is 11.5 Å². The first-order valence-corrected chi connectivity index (χ1v) is 6.64. The molecule has 0 aliphatic rings. The van der Waals surface area contributed by atoms with Crippen LogP contribution in [0.25, 0.3) is 0 Å². The molecule has 0 heterocycles. The molecule has 2 nitrogen and oxygen atoms in total. The van der Waals surface area contributed by atoms with Crippen molar-refractivity contribution in [2.75, 3.05) is 0 Å². The summed E-state index contributed by atoms with van der Waals surface area (Å²) < 4.78 is 5.69. The molecule has 2 rings (SSSR count). The van der Waals surface area contributed by atoms with Gasteiger partial charge in [-0.15, -0.1) is 0 Å². The molecule has 0 radical (unpaired) electrons. The minimum Gasteiger partial charge on any atom is -0.508 e. The number of phenolic OH excluding ortho intramolecular Hbond substituents is 1. The zero-order chi connectivity index (χ0) is 13.7. The van der Waals surface area contributed by atoms with Crippen molar-refractivity contribution in [1.82, 2.24) is 0 Å². The van der Waals surface area contributed by atoms with Gasteiger partial charge in [-0.05, 0) is 29.7 Å². The van der Waals surface area contributed by atoms with E-state index in [2.05, 4.69) is 0 Å². The van der Waals surface area contributed by atoms with Crippen molar-refractivity contribution in [2.45, 2.75) is 20.0 Å². The van der Waals surface area contributed by atoms with Crippen molar-refractivity contribution in [3.63, 3.8) is 0 Å². The van der Waals surface area contributed by atoms with E-state index < -0.39 is 0 Å². The van der Waals surface area contributed by atoms with E-state index in [1.165, 1.54) is 0 Å². The van der Waals surface area contributed by atoms with Gasteiger partial charge in [0.05, 0.1) is 0 Å². The van der Waals surface area contributed by atoms with Crippen LogP contribution in [-0.4, -0.2) is 9.97 Å². The van der Waals surface area contributed by atoms with Crippen molar-refractivity contribution in [3.05, 3.63) is 59.7 Å². The number of thiocarbonyl (C=S) groups is 1. The number of hydrogen-bond acceptors (Lipinski definition) is 3. The van der Waals surface area contributed by atoms with Gasteiger partial charge in [0.2, 0.25) is 0 Å². The first-order chi connectivity index (χ1) is 9.19. The Morgan fingerprint density at radius 3 is 2.58 bits per heavy atom. The number of benzene rings is 2. The van der Waals surface area contributed by atoms with Gasteiger partial charge in [-0.1, -0.05) is 49.5 Å². The zero-order valence-corrected chi connectivity index (χ0v) is 11.6. The zero-order valence-electron chi connectivity index (χ0n) is 10.8. The molecule has 0 spiro atoms. The Morgan fingerprint density at radius 1 is 1.16 bits per heavy atom. The van der Waals surface area contributed by atoms with Gasteiger partial charge < -0.3 is 9.84 Å². The van der Waals surface area contributed by atoms with Crippen molar-refractivity contribution in [2.24, 2.45) is 0 Å². The topological polar surface area (TPSA) is 29.5 Å². The van der Waals surface area contributed by atoms with Gasteiger partial charge in [-0.2, -0.15) is 0 Å². The normalized spacial score (nSPS) is 10.2. The Hall–Kier alpha value is -1.87. The summed E-state index contributed by atoms with van der Waals surface area (Å²) in [4.78, 5) is 0.820. The Balaban J connectivity index is 2.12. The summed E-state index contributed by atoms with van der Waals surface area (Å²) in [5.41, 5.74) is 1.94. The van der Waals surface area contributed by atoms with Gasteiger partial charge in [0, 0.05) is 10.9 Å². The minimum absolute atomic E-state index is 0.177. The van der Waals surface area contributed by atoms with Crippen LogP contribution < -0.4 is 4.74 Å². The third-order valence-electron chi connectivity index (χ3n) is 2.78. The molecule has 0 atom stereocenters. The summed E-state index contributed by atoms with van der Waals surface area (Å²) in [5.74, 6) is 0.811. The third-order valence-corrected chi connectivity index (χ3v) is 3.31. The second-order valence-electron chi connectivity index (χ2n) is 4.27. The maximum atomic E-state index is 9.70. The predicted molar refractivity (Wildman–Crippen MR) is 80.9 cm³/mol. The van der Waals surface area contributed by atoms with E-state index in [0.29, 0.717) is 12.4 Å². The van der Waals surface area contributed by atoms with E-state index in [1.54, 1.807) is 12.1 Å². The quantitative estimate of drug-likeness (QED) is 0.656. The molecule has 0 bridgehead atoms. The van der Waals surface area contributed by atoms with E-state index in [1.807, 2.05) is 43.3 Å². The summed E-state index contributed by atoms with van der Waals surface area (Å²) in [7, 11) is 0. The molecule has 0 saturated carbocycles. The molecule has 0 saturated heterocycles. The highest BCUT2D eigenvalue weighted by Crippen LogP contribution is 2.24. The molecule has 3 heteroatoms. The van der Waals surface area contributed by atoms with Crippen molar-refractivity contribution < 1.29 is 9.84 Å². The molecule has 0 aliphatic carbocycles. The lowest BCUT2D eigenvalue weighted by molar-refractivity contribution is 0.304. The van der Waals surface area contributed by atoms with Crippen LogP contribution in [0.15, 0.2) is 48.5 Å². The first-order valence-electron chi connectivity index (χ1n) is 6.23. The first kappa shape index (κ1) is 13.6. The molecule has 0 fully saturated rings. The Bertz CT molecular complexity index is 564. The van der Waals surface area contributed by atoms with Crippen molar-refractivity contribution in [1.29, 1.82) is 0 Å².